The van der Waals surface area contributed by atoms with Gasteiger partial charge < -0.3 is 25.6 Å². The third-order valence-corrected chi connectivity index (χ3v) is 7.31. The van der Waals surface area contributed by atoms with Crippen LogP contribution >= 0.6 is 11.3 Å². The highest BCUT2D eigenvalue weighted by molar-refractivity contribution is 7.17. The molecule has 0 atom stereocenters. The number of carbonyl (C=O) groups excluding carboxylic acids is 2. The number of amides is 2. The largest absolute Gasteiger partial charge is 0.437 e. The van der Waals surface area contributed by atoms with Gasteiger partial charge in [0.05, 0.1) is 5.52 Å². The number of hydrogen-bond acceptors (Lipinski definition) is 8. The van der Waals surface area contributed by atoms with Crippen LogP contribution in [0.4, 0.5) is 17.3 Å². The first-order chi connectivity index (χ1) is 18.3. The van der Waals surface area contributed by atoms with Crippen LogP contribution in [-0.2, 0) is 4.79 Å². The third kappa shape index (κ3) is 6.09. The van der Waals surface area contributed by atoms with Crippen molar-refractivity contribution in [1.82, 2.24) is 20.2 Å². The smallest absolute Gasteiger partial charge is 0.251 e. The van der Waals surface area contributed by atoms with Crippen LogP contribution in [0.1, 0.15) is 35.7 Å². The van der Waals surface area contributed by atoms with Gasteiger partial charge in [-0.3, -0.25) is 9.59 Å². The Morgan fingerprint density at radius 3 is 2.63 bits per heavy atom. The molecule has 0 bridgehead atoms. The molecule has 3 N–H and O–H groups in total. The van der Waals surface area contributed by atoms with E-state index in [9.17, 15) is 9.59 Å². The van der Waals surface area contributed by atoms with E-state index in [-0.39, 0.29) is 17.9 Å². The van der Waals surface area contributed by atoms with Crippen LogP contribution in [-0.4, -0.2) is 52.9 Å². The molecular formula is C28H30N6O3S. The molecule has 1 aliphatic rings. The maximum Gasteiger partial charge on any atom is 0.251 e. The van der Waals surface area contributed by atoms with Crippen molar-refractivity contribution < 1.29 is 14.3 Å². The topological polar surface area (TPSA) is 108 Å². The first-order valence-electron chi connectivity index (χ1n) is 12.5. The molecule has 2 amide bonds. The lowest BCUT2D eigenvalue weighted by molar-refractivity contribution is -0.114. The van der Waals surface area contributed by atoms with E-state index in [0.29, 0.717) is 28.8 Å². The minimum atomic E-state index is -0.156. The minimum Gasteiger partial charge on any atom is -0.437 e. The number of fused-ring (bicyclic) bond motifs is 1. The van der Waals surface area contributed by atoms with E-state index in [1.165, 1.54) is 18.3 Å². The number of aromatic nitrogens is 2. The molecule has 196 valence electrons. The van der Waals surface area contributed by atoms with Crippen molar-refractivity contribution in [3.8, 4) is 11.6 Å². The number of benzene rings is 2. The number of nitrogens with one attached hydrogen (secondary N) is 3. The Balaban J connectivity index is 1.33. The molecule has 0 unspecified atom stereocenters. The fourth-order valence-corrected chi connectivity index (χ4v) is 5.21. The summed E-state index contributed by atoms with van der Waals surface area (Å²) in [5.41, 5.74) is 3.69. The van der Waals surface area contributed by atoms with Gasteiger partial charge in [-0.25, -0.2) is 4.98 Å². The second-order valence-electron chi connectivity index (χ2n) is 9.50. The summed E-state index contributed by atoms with van der Waals surface area (Å²) in [6.45, 7) is 5.37. The van der Waals surface area contributed by atoms with E-state index in [0.717, 1.165) is 47.4 Å². The molecule has 9 nitrogen and oxygen atoms in total. The van der Waals surface area contributed by atoms with Gasteiger partial charge in [0, 0.05) is 36.0 Å². The summed E-state index contributed by atoms with van der Waals surface area (Å²) >= 11 is 1.49. The van der Waals surface area contributed by atoms with E-state index in [1.807, 2.05) is 36.6 Å². The minimum absolute atomic E-state index is 0.0447. The number of thiophene rings is 1. The first kappa shape index (κ1) is 25.6. The normalized spacial score (nSPS) is 14.3. The Hall–Kier alpha value is -4.02. The van der Waals surface area contributed by atoms with E-state index in [4.69, 9.17) is 4.74 Å². The molecule has 1 fully saturated rings. The first-order valence-corrected chi connectivity index (χ1v) is 13.4. The van der Waals surface area contributed by atoms with Crippen LogP contribution in [0.3, 0.4) is 0 Å². The highest BCUT2D eigenvalue weighted by Gasteiger charge is 2.20. The summed E-state index contributed by atoms with van der Waals surface area (Å²) in [7, 11) is 2.11. The van der Waals surface area contributed by atoms with Crippen molar-refractivity contribution in [3.63, 3.8) is 0 Å². The molecule has 1 aliphatic heterocycles. The molecule has 2 aromatic heterocycles. The molecule has 5 rings (SSSR count). The zero-order valence-corrected chi connectivity index (χ0v) is 22.4. The predicted octanol–water partition coefficient (Wildman–Crippen LogP) is 5.32. The molecule has 4 aromatic rings. The molecule has 2 aromatic carbocycles. The van der Waals surface area contributed by atoms with Gasteiger partial charge in [0.15, 0.2) is 0 Å². The molecule has 0 saturated carbocycles. The number of likely N-dealkylation sites (tertiary alicyclic amines) is 1. The molecule has 0 spiro atoms. The Morgan fingerprint density at radius 1 is 1.05 bits per heavy atom. The van der Waals surface area contributed by atoms with Crippen LogP contribution in [0.5, 0.6) is 11.6 Å². The van der Waals surface area contributed by atoms with Gasteiger partial charge in [-0.05, 0) is 87.2 Å². The summed E-state index contributed by atoms with van der Waals surface area (Å²) in [4.78, 5) is 35.8. The van der Waals surface area contributed by atoms with Crippen molar-refractivity contribution in [3.05, 3.63) is 65.0 Å². The second-order valence-corrected chi connectivity index (χ2v) is 10.4. The summed E-state index contributed by atoms with van der Waals surface area (Å²) < 4.78 is 6.93. The maximum absolute atomic E-state index is 12.9. The lowest BCUT2D eigenvalue weighted by Crippen LogP contribution is -2.43. The Morgan fingerprint density at radius 2 is 1.87 bits per heavy atom. The van der Waals surface area contributed by atoms with E-state index >= 15 is 0 Å². The third-order valence-electron chi connectivity index (χ3n) is 6.42. The number of hydrogen-bond donors (Lipinski definition) is 3. The average molecular weight is 531 g/mol. The number of ether oxygens (including phenoxy) is 1. The molecule has 0 aliphatic carbocycles. The average Bonchev–Trinajstić information content (AvgIpc) is 3.34. The van der Waals surface area contributed by atoms with Gasteiger partial charge in [0.1, 0.15) is 10.4 Å². The van der Waals surface area contributed by atoms with Gasteiger partial charge in [0.25, 0.3) is 5.91 Å². The van der Waals surface area contributed by atoms with Gasteiger partial charge >= 0.3 is 0 Å². The van der Waals surface area contributed by atoms with Crippen molar-refractivity contribution >= 4 is 50.7 Å². The van der Waals surface area contributed by atoms with Crippen molar-refractivity contribution in [2.45, 2.75) is 32.7 Å². The summed E-state index contributed by atoms with van der Waals surface area (Å²) in [5.74, 6) is 1.14. The molecule has 1 saturated heterocycles. The quantitative estimate of drug-likeness (QED) is 0.297. The van der Waals surface area contributed by atoms with E-state index in [2.05, 4.69) is 37.9 Å². The van der Waals surface area contributed by atoms with Crippen molar-refractivity contribution in [1.29, 1.82) is 0 Å². The highest BCUT2D eigenvalue weighted by atomic mass is 32.1. The van der Waals surface area contributed by atoms with Gasteiger partial charge in [0.2, 0.25) is 17.7 Å². The number of nitrogens with zero attached hydrogens (tertiary/aromatic N) is 3. The highest BCUT2D eigenvalue weighted by Crippen LogP contribution is 2.34. The Kier molecular flexibility index (Phi) is 7.52. The lowest BCUT2D eigenvalue weighted by atomic mass is 10.0. The molecule has 10 heteroatoms. The monoisotopic (exact) mass is 530 g/mol. The molecule has 0 radical (unpaired) electrons. The van der Waals surface area contributed by atoms with Crippen LogP contribution in [0.25, 0.3) is 10.2 Å². The number of aryl methyl sites for hydroxylation is 1. The zero-order valence-electron chi connectivity index (χ0n) is 21.6. The number of rotatable bonds is 7. The SMILES string of the molecule is CC(=O)Nc1cccc(Oc2nc(Nc3ccc(C(=O)NC4CCN(C)CC4)c(C)c3)nc3ccsc23)c1. The van der Waals surface area contributed by atoms with Crippen LogP contribution < -0.4 is 20.7 Å². The van der Waals surface area contributed by atoms with Gasteiger partial charge in [-0.1, -0.05) is 6.07 Å². The Bertz CT molecular complexity index is 1480. The summed E-state index contributed by atoms with van der Waals surface area (Å²) in [6.07, 6.45) is 1.93. The molecular weight excluding hydrogens is 500 g/mol. The van der Waals surface area contributed by atoms with Gasteiger partial charge in [-0.15, -0.1) is 11.3 Å². The second kappa shape index (κ2) is 11.2. The van der Waals surface area contributed by atoms with Crippen molar-refractivity contribution in [2.24, 2.45) is 0 Å². The van der Waals surface area contributed by atoms with Crippen LogP contribution in [0.2, 0.25) is 0 Å². The Labute approximate surface area is 225 Å². The number of carbonyl (C=O) groups is 2. The zero-order chi connectivity index (χ0) is 26.6. The fraction of sp³-hybridized carbons (Fsp3) is 0.286. The number of anilines is 3. The van der Waals surface area contributed by atoms with Crippen molar-refractivity contribution in [2.75, 3.05) is 30.8 Å². The standard InChI is InChI=1S/C28H30N6O3S/c1-17-15-21(7-8-23(17)26(36)30-19-9-12-34(3)13-10-19)31-28-32-24-11-14-38-25(24)27(33-28)37-22-6-4-5-20(16-22)29-18(2)35/h4-8,11,14-16,19H,9-10,12-13H2,1-3H3,(H,29,35)(H,30,36)(H,31,32,33). The summed E-state index contributed by atoms with van der Waals surface area (Å²) in [5, 5.41) is 11.1. The molecule has 3 heterocycles. The van der Waals surface area contributed by atoms with Gasteiger partial charge in [-0.2, -0.15) is 4.98 Å². The number of piperidine rings is 1. The van der Waals surface area contributed by atoms with E-state index < -0.39 is 0 Å². The summed E-state index contributed by atoms with van der Waals surface area (Å²) in [6, 6.07) is 14.9. The maximum atomic E-state index is 12.9. The lowest BCUT2D eigenvalue weighted by Gasteiger charge is -2.29. The van der Waals surface area contributed by atoms with Crippen LogP contribution in [0, 0.1) is 6.92 Å². The fourth-order valence-electron chi connectivity index (χ4n) is 4.46. The molecule has 38 heavy (non-hydrogen) atoms. The van der Waals surface area contributed by atoms with E-state index in [1.54, 1.807) is 24.3 Å². The van der Waals surface area contributed by atoms with Crippen LogP contribution in [0.15, 0.2) is 53.9 Å². The predicted molar refractivity (Wildman–Crippen MR) is 151 cm³/mol.